The van der Waals surface area contributed by atoms with Crippen molar-refractivity contribution >= 4 is 23.3 Å². The molecule has 4 aromatic rings. The first kappa shape index (κ1) is 27.3. The number of imidazole rings is 1. The van der Waals surface area contributed by atoms with Crippen molar-refractivity contribution in [3.8, 4) is 22.8 Å². The highest BCUT2D eigenvalue weighted by Crippen LogP contribution is 2.32. The van der Waals surface area contributed by atoms with E-state index in [0.717, 1.165) is 18.2 Å². The summed E-state index contributed by atoms with van der Waals surface area (Å²) in [5.74, 6) is -3.88. The zero-order chi connectivity index (χ0) is 28.5. The third-order valence-electron chi connectivity index (χ3n) is 5.47. The molecular weight excluding hydrogens is 529 g/mol. The van der Waals surface area contributed by atoms with Crippen LogP contribution in [-0.4, -0.2) is 39.9 Å². The fourth-order valence-electron chi connectivity index (χ4n) is 3.80. The first-order chi connectivity index (χ1) is 18.4. The van der Waals surface area contributed by atoms with Gasteiger partial charge >= 0.3 is 6.36 Å². The van der Waals surface area contributed by atoms with Gasteiger partial charge in [0.25, 0.3) is 5.91 Å². The molecule has 4 rings (SSSR count). The van der Waals surface area contributed by atoms with Crippen molar-refractivity contribution in [3.05, 3.63) is 71.4 Å². The van der Waals surface area contributed by atoms with Crippen molar-refractivity contribution in [1.82, 2.24) is 19.9 Å². The van der Waals surface area contributed by atoms with Crippen LogP contribution in [-0.2, 0) is 4.79 Å². The number of carbonyl (C=O) groups is 2. The van der Waals surface area contributed by atoms with Crippen LogP contribution in [0.1, 0.15) is 35.8 Å². The van der Waals surface area contributed by atoms with E-state index in [2.05, 4.69) is 25.5 Å². The number of ether oxygens (including phenoxy) is 2. The fraction of sp³-hybridized carbons (Fsp3) is 0.200. The molecule has 9 nitrogen and oxygen atoms in total. The monoisotopic (exact) mass is 549 g/mol. The van der Waals surface area contributed by atoms with E-state index >= 15 is 4.39 Å². The largest absolute Gasteiger partial charge is 0.573 e. The number of aromatic nitrogens is 3. The number of alkyl halides is 3. The van der Waals surface area contributed by atoms with Gasteiger partial charge in [0.2, 0.25) is 5.91 Å². The molecule has 2 N–H and O–H groups in total. The van der Waals surface area contributed by atoms with Crippen LogP contribution in [0.5, 0.6) is 11.5 Å². The molecule has 0 aliphatic heterocycles. The van der Waals surface area contributed by atoms with Crippen LogP contribution >= 0.6 is 0 Å². The van der Waals surface area contributed by atoms with Crippen LogP contribution in [0.15, 0.2) is 48.7 Å². The van der Waals surface area contributed by atoms with Crippen molar-refractivity contribution in [2.75, 3.05) is 12.4 Å². The highest BCUT2D eigenvalue weighted by molar-refractivity contribution is 5.98. The average Bonchev–Trinajstić information content (AvgIpc) is 3.24. The Balaban J connectivity index is 1.66. The Kier molecular flexibility index (Phi) is 7.38. The third kappa shape index (κ3) is 6.05. The van der Waals surface area contributed by atoms with Gasteiger partial charge in [-0.3, -0.25) is 9.59 Å². The number of nitrogens with one attached hydrogen (secondary N) is 2. The lowest BCUT2D eigenvalue weighted by molar-refractivity contribution is -0.274. The van der Waals surface area contributed by atoms with E-state index in [1.807, 2.05) is 0 Å². The smallest absolute Gasteiger partial charge is 0.496 e. The van der Waals surface area contributed by atoms with Gasteiger partial charge < -0.3 is 20.1 Å². The van der Waals surface area contributed by atoms with Crippen LogP contribution in [0.2, 0.25) is 0 Å². The van der Waals surface area contributed by atoms with E-state index in [-0.39, 0.29) is 34.3 Å². The molecule has 0 aliphatic rings. The molecule has 204 valence electrons. The second-order valence-electron chi connectivity index (χ2n) is 8.26. The Labute approximate surface area is 217 Å². The topological polar surface area (TPSA) is 107 Å². The summed E-state index contributed by atoms with van der Waals surface area (Å²) >= 11 is 0. The maximum absolute atomic E-state index is 15.7. The Bertz CT molecular complexity index is 1570. The summed E-state index contributed by atoms with van der Waals surface area (Å²) < 4.78 is 78.1. The highest BCUT2D eigenvalue weighted by atomic mass is 19.4. The van der Waals surface area contributed by atoms with E-state index in [1.54, 1.807) is 0 Å². The molecule has 0 saturated carbocycles. The lowest BCUT2D eigenvalue weighted by atomic mass is 10.0. The van der Waals surface area contributed by atoms with Gasteiger partial charge in [0.15, 0.2) is 11.5 Å². The lowest BCUT2D eigenvalue weighted by Crippen LogP contribution is -2.29. The highest BCUT2D eigenvalue weighted by Gasteiger charge is 2.32. The Morgan fingerprint density at radius 3 is 2.49 bits per heavy atom. The number of hydrogen-bond donors (Lipinski definition) is 2. The molecule has 0 saturated heterocycles. The Hall–Kier alpha value is -4.75. The van der Waals surface area contributed by atoms with Gasteiger partial charge in [0, 0.05) is 18.1 Å². The molecule has 2 heterocycles. The fourth-order valence-corrected chi connectivity index (χ4v) is 3.80. The van der Waals surface area contributed by atoms with Gasteiger partial charge in [-0.2, -0.15) is 5.10 Å². The zero-order valence-electron chi connectivity index (χ0n) is 20.6. The number of hydrogen-bond acceptors (Lipinski definition) is 6. The van der Waals surface area contributed by atoms with Crippen molar-refractivity contribution in [1.29, 1.82) is 0 Å². The Morgan fingerprint density at radius 1 is 1.08 bits per heavy atom. The van der Waals surface area contributed by atoms with Gasteiger partial charge in [0.1, 0.15) is 28.7 Å². The molecular formula is C25H20F5N5O4. The number of carbonyl (C=O) groups excluding carboxylic acids is 2. The summed E-state index contributed by atoms with van der Waals surface area (Å²) in [6.07, 6.45) is -3.58. The maximum Gasteiger partial charge on any atom is 0.573 e. The van der Waals surface area contributed by atoms with Gasteiger partial charge in [0.05, 0.1) is 25.0 Å². The van der Waals surface area contributed by atoms with Gasteiger partial charge in [-0.1, -0.05) is 0 Å². The van der Waals surface area contributed by atoms with E-state index in [9.17, 15) is 27.2 Å². The first-order valence-electron chi connectivity index (χ1n) is 11.2. The number of anilines is 1. The average molecular weight is 549 g/mol. The molecule has 14 heteroatoms. The maximum atomic E-state index is 15.7. The summed E-state index contributed by atoms with van der Waals surface area (Å²) in [4.78, 5) is 28.6. The second-order valence-corrected chi connectivity index (χ2v) is 8.26. The standard InChI is InChI=1S/C25H20F5N5O4/c1-12(16-10-14(4-6-17(16)26)39-25(28,29)30)31-24(37)22-19(38-3)8-5-15(23(22)27)18-7-9-21-33-20(32-13(2)36)11-35(21)34-18/h4-12H,1-3H3,(H,31,37)(H,32,36). The predicted octanol–water partition coefficient (Wildman–Crippen LogP) is 5.03. The molecule has 0 fully saturated rings. The van der Waals surface area contributed by atoms with Crippen LogP contribution in [0.25, 0.3) is 16.9 Å². The lowest BCUT2D eigenvalue weighted by Gasteiger charge is -2.19. The van der Waals surface area contributed by atoms with Crippen LogP contribution in [0.3, 0.4) is 0 Å². The third-order valence-corrected chi connectivity index (χ3v) is 5.47. The SMILES string of the molecule is COc1ccc(-c2ccc3nc(NC(C)=O)cn3n2)c(F)c1C(=O)NC(C)c1cc(OC(F)(F)F)ccc1F. The minimum Gasteiger partial charge on any atom is -0.496 e. The van der Waals surface area contributed by atoms with Crippen molar-refractivity contribution < 1.29 is 41.0 Å². The molecule has 1 atom stereocenters. The summed E-state index contributed by atoms with van der Waals surface area (Å²) in [7, 11) is 1.21. The van der Waals surface area contributed by atoms with Crippen molar-refractivity contribution in [2.45, 2.75) is 26.3 Å². The quantitative estimate of drug-likeness (QED) is 0.313. The van der Waals surface area contributed by atoms with Gasteiger partial charge in [-0.05, 0) is 49.4 Å². The molecule has 0 aliphatic carbocycles. The van der Waals surface area contributed by atoms with Crippen molar-refractivity contribution in [2.24, 2.45) is 0 Å². The summed E-state index contributed by atoms with van der Waals surface area (Å²) in [6, 6.07) is 6.80. The molecule has 39 heavy (non-hydrogen) atoms. The number of methoxy groups -OCH3 is 1. The number of benzene rings is 2. The molecule has 1 unspecified atom stereocenters. The van der Waals surface area contributed by atoms with Crippen molar-refractivity contribution in [3.63, 3.8) is 0 Å². The molecule has 2 aromatic heterocycles. The number of halogens is 5. The number of fused-ring (bicyclic) bond motifs is 1. The normalized spacial score (nSPS) is 12.2. The molecule has 0 radical (unpaired) electrons. The van der Waals surface area contributed by atoms with Crippen LogP contribution in [0, 0.1) is 11.6 Å². The van der Waals surface area contributed by atoms with E-state index in [1.165, 1.54) is 55.9 Å². The minimum absolute atomic E-state index is 0.0861. The summed E-state index contributed by atoms with van der Waals surface area (Å²) in [5, 5.41) is 9.17. The first-order valence-corrected chi connectivity index (χ1v) is 11.2. The van der Waals surface area contributed by atoms with E-state index < -0.39 is 41.3 Å². The number of nitrogens with zero attached hydrogens (tertiary/aromatic N) is 3. The number of rotatable bonds is 7. The molecule has 2 amide bonds. The van der Waals surface area contributed by atoms with Crippen LogP contribution < -0.4 is 20.1 Å². The molecule has 2 aromatic carbocycles. The number of amides is 2. The summed E-state index contributed by atoms with van der Waals surface area (Å²) in [6.45, 7) is 2.62. The molecule has 0 spiro atoms. The van der Waals surface area contributed by atoms with E-state index in [4.69, 9.17) is 4.74 Å². The predicted molar refractivity (Wildman–Crippen MR) is 128 cm³/mol. The summed E-state index contributed by atoms with van der Waals surface area (Å²) in [5.41, 5.74) is -0.460. The van der Waals surface area contributed by atoms with Crippen LogP contribution in [0.4, 0.5) is 27.8 Å². The Morgan fingerprint density at radius 2 is 1.82 bits per heavy atom. The minimum atomic E-state index is -5.00. The van der Waals surface area contributed by atoms with Gasteiger partial charge in [-0.25, -0.2) is 18.3 Å². The second kappa shape index (κ2) is 10.6. The van der Waals surface area contributed by atoms with Gasteiger partial charge in [-0.15, -0.1) is 13.2 Å². The molecule has 0 bridgehead atoms. The van der Waals surface area contributed by atoms with E-state index in [0.29, 0.717) is 5.65 Å². The zero-order valence-corrected chi connectivity index (χ0v) is 20.6.